The molecule has 7 heteroatoms. The van der Waals surface area contributed by atoms with E-state index in [0.717, 1.165) is 41.5 Å². The van der Waals surface area contributed by atoms with Gasteiger partial charge in [0.2, 0.25) is 0 Å². The maximum atomic E-state index is 12.3. The summed E-state index contributed by atoms with van der Waals surface area (Å²) in [5.41, 5.74) is 3.40. The fourth-order valence-electron chi connectivity index (χ4n) is 3.52. The Morgan fingerprint density at radius 1 is 1.00 bits per heavy atom. The topological polar surface area (TPSA) is 63.0 Å². The van der Waals surface area contributed by atoms with Gasteiger partial charge in [-0.3, -0.25) is 0 Å². The normalized spacial score (nSPS) is 15.0. The smallest absolute Gasteiger partial charge is 0.410 e. The number of anilines is 1. The first-order chi connectivity index (χ1) is 13.8. The number of aryl methyl sites for hydroxylation is 1. The van der Waals surface area contributed by atoms with Crippen LogP contribution in [0.3, 0.4) is 0 Å². The van der Waals surface area contributed by atoms with Crippen LogP contribution in [-0.2, 0) is 4.74 Å². The second-order valence-corrected chi connectivity index (χ2v) is 8.33. The van der Waals surface area contributed by atoms with Crippen molar-refractivity contribution in [1.82, 2.24) is 19.5 Å². The summed E-state index contributed by atoms with van der Waals surface area (Å²) < 4.78 is 7.38. The van der Waals surface area contributed by atoms with Crippen LogP contribution in [-0.4, -0.2) is 57.4 Å². The summed E-state index contributed by atoms with van der Waals surface area (Å²) in [6.45, 7) is 10.4. The molecule has 1 aliphatic heterocycles. The van der Waals surface area contributed by atoms with Crippen molar-refractivity contribution in [3.63, 3.8) is 0 Å². The second-order valence-electron chi connectivity index (χ2n) is 8.33. The number of aromatic nitrogens is 3. The Bertz CT molecular complexity index is 1010. The zero-order chi connectivity index (χ0) is 20.6. The maximum absolute atomic E-state index is 12.3. The van der Waals surface area contributed by atoms with Gasteiger partial charge in [0.05, 0.1) is 11.4 Å². The summed E-state index contributed by atoms with van der Waals surface area (Å²) in [6.07, 6.45) is -0.251. The fraction of sp³-hybridized carbons (Fsp3) is 0.409. The van der Waals surface area contributed by atoms with Gasteiger partial charge < -0.3 is 14.5 Å². The van der Waals surface area contributed by atoms with Gasteiger partial charge in [-0.25, -0.2) is 14.3 Å². The van der Waals surface area contributed by atoms with Crippen LogP contribution in [0.25, 0.3) is 16.9 Å². The predicted molar refractivity (Wildman–Crippen MR) is 113 cm³/mol. The third kappa shape index (κ3) is 4.04. The number of carbonyl (C=O) groups is 1. The zero-order valence-corrected chi connectivity index (χ0v) is 17.4. The molecule has 3 heterocycles. The van der Waals surface area contributed by atoms with Gasteiger partial charge in [0.15, 0.2) is 5.65 Å². The van der Waals surface area contributed by atoms with Crippen molar-refractivity contribution in [2.24, 2.45) is 0 Å². The van der Waals surface area contributed by atoms with Crippen LogP contribution in [0.15, 0.2) is 42.5 Å². The number of imidazole rings is 1. The molecule has 0 spiro atoms. The third-order valence-corrected chi connectivity index (χ3v) is 4.99. The van der Waals surface area contributed by atoms with Crippen molar-refractivity contribution in [2.45, 2.75) is 33.3 Å². The lowest BCUT2D eigenvalue weighted by Crippen LogP contribution is -2.50. The van der Waals surface area contributed by atoms with Gasteiger partial charge in [-0.15, -0.1) is 5.10 Å². The quantitative estimate of drug-likeness (QED) is 0.663. The molecule has 1 aromatic carbocycles. The van der Waals surface area contributed by atoms with Crippen LogP contribution in [0.5, 0.6) is 0 Å². The highest BCUT2D eigenvalue weighted by Crippen LogP contribution is 2.24. The van der Waals surface area contributed by atoms with Crippen molar-refractivity contribution >= 4 is 17.6 Å². The SMILES string of the molecule is Cc1c(-c2ccccc2)nc2ccc(N3CCN(C(=O)OC(C)(C)C)CC3)nn12. The van der Waals surface area contributed by atoms with E-state index in [1.807, 2.05) is 62.5 Å². The van der Waals surface area contributed by atoms with E-state index < -0.39 is 5.60 Å². The molecule has 0 unspecified atom stereocenters. The minimum atomic E-state index is -0.476. The number of hydrogen-bond acceptors (Lipinski definition) is 5. The molecule has 0 atom stereocenters. The molecule has 2 aromatic heterocycles. The van der Waals surface area contributed by atoms with Crippen LogP contribution in [0, 0.1) is 6.92 Å². The number of piperazine rings is 1. The summed E-state index contributed by atoms with van der Waals surface area (Å²) in [5.74, 6) is 0.890. The molecule has 29 heavy (non-hydrogen) atoms. The monoisotopic (exact) mass is 393 g/mol. The van der Waals surface area contributed by atoms with Crippen molar-refractivity contribution in [2.75, 3.05) is 31.1 Å². The average Bonchev–Trinajstić information content (AvgIpc) is 3.03. The molecule has 0 N–H and O–H groups in total. The molecule has 0 radical (unpaired) electrons. The zero-order valence-electron chi connectivity index (χ0n) is 17.4. The van der Waals surface area contributed by atoms with E-state index in [2.05, 4.69) is 17.0 Å². The molecule has 0 saturated carbocycles. The Kier molecular flexibility index (Phi) is 4.90. The molecular weight excluding hydrogens is 366 g/mol. The highest BCUT2D eigenvalue weighted by molar-refractivity contribution is 5.69. The lowest BCUT2D eigenvalue weighted by Gasteiger charge is -2.36. The largest absolute Gasteiger partial charge is 0.444 e. The summed E-state index contributed by atoms with van der Waals surface area (Å²) in [4.78, 5) is 21.0. The number of rotatable bonds is 2. The lowest BCUT2D eigenvalue weighted by atomic mass is 10.1. The van der Waals surface area contributed by atoms with Gasteiger partial charge >= 0.3 is 6.09 Å². The number of amides is 1. The molecule has 3 aromatic rings. The number of carbonyl (C=O) groups excluding carboxylic acids is 1. The van der Waals surface area contributed by atoms with Crippen molar-refractivity contribution in [3.8, 4) is 11.3 Å². The molecule has 1 fully saturated rings. The summed E-state index contributed by atoms with van der Waals surface area (Å²) in [5, 5.41) is 4.82. The van der Waals surface area contributed by atoms with E-state index in [1.54, 1.807) is 4.90 Å². The summed E-state index contributed by atoms with van der Waals surface area (Å²) in [7, 11) is 0. The molecule has 7 nitrogen and oxygen atoms in total. The van der Waals surface area contributed by atoms with Gasteiger partial charge in [-0.05, 0) is 39.8 Å². The molecule has 0 bridgehead atoms. The first kappa shape index (κ1) is 19.2. The highest BCUT2D eigenvalue weighted by atomic mass is 16.6. The lowest BCUT2D eigenvalue weighted by molar-refractivity contribution is 0.0240. The second kappa shape index (κ2) is 7.39. The molecule has 152 valence electrons. The molecule has 1 saturated heterocycles. The Labute approximate surface area is 170 Å². The molecule has 1 amide bonds. The van der Waals surface area contributed by atoms with Crippen LogP contribution < -0.4 is 4.90 Å². The van der Waals surface area contributed by atoms with Gasteiger partial charge in [-0.1, -0.05) is 30.3 Å². The number of hydrogen-bond donors (Lipinski definition) is 0. The minimum absolute atomic E-state index is 0.251. The van der Waals surface area contributed by atoms with E-state index in [9.17, 15) is 4.79 Å². The van der Waals surface area contributed by atoms with E-state index in [1.165, 1.54) is 0 Å². The number of fused-ring (bicyclic) bond motifs is 1. The first-order valence-corrected chi connectivity index (χ1v) is 9.96. The average molecular weight is 393 g/mol. The standard InChI is InChI=1S/C22H27N5O2/c1-16-20(17-8-6-5-7-9-17)23-18-10-11-19(24-27(16)18)25-12-14-26(15-13-25)21(28)29-22(2,3)4/h5-11H,12-15H2,1-4H3. The van der Waals surface area contributed by atoms with Crippen molar-refractivity contribution in [1.29, 1.82) is 0 Å². The molecule has 4 rings (SSSR count). The first-order valence-electron chi connectivity index (χ1n) is 9.96. The number of ether oxygens (including phenoxy) is 1. The van der Waals surface area contributed by atoms with Crippen LogP contribution in [0.4, 0.5) is 10.6 Å². The summed E-state index contributed by atoms with van der Waals surface area (Å²) in [6, 6.07) is 14.2. The number of nitrogens with zero attached hydrogens (tertiary/aromatic N) is 5. The van der Waals surface area contributed by atoms with Gasteiger partial charge in [0.1, 0.15) is 11.4 Å². The van der Waals surface area contributed by atoms with Crippen LogP contribution in [0.1, 0.15) is 26.5 Å². The number of benzene rings is 1. The highest BCUT2D eigenvalue weighted by Gasteiger charge is 2.26. The molecule has 1 aliphatic rings. The van der Waals surface area contributed by atoms with Crippen molar-refractivity contribution in [3.05, 3.63) is 48.2 Å². The van der Waals surface area contributed by atoms with E-state index >= 15 is 0 Å². The van der Waals surface area contributed by atoms with Gasteiger partial charge in [0.25, 0.3) is 0 Å². The third-order valence-electron chi connectivity index (χ3n) is 4.99. The Balaban J connectivity index is 1.51. The fourth-order valence-corrected chi connectivity index (χ4v) is 3.52. The van der Waals surface area contributed by atoms with E-state index in [-0.39, 0.29) is 6.09 Å². The molecule has 0 aliphatic carbocycles. The Morgan fingerprint density at radius 3 is 2.34 bits per heavy atom. The van der Waals surface area contributed by atoms with Crippen molar-refractivity contribution < 1.29 is 9.53 Å². The van der Waals surface area contributed by atoms with Gasteiger partial charge in [0, 0.05) is 31.7 Å². The van der Waals surface area contributed by atoms with E-state index in [0.29, 0.717) is 13.1 Å². The van der Waals surface area contributed by atoms with Crippen LogP contribution >= 0.6 is 0 Å². The Morgan fingerprint density at radius 2 is 1.69 bits per heavy atom. The predicted octanol–water partition coefficient (Wildman–Crippen LogP) is 3.76. The molecular formula is C22H27N5O2. The van der Waals surface area contributed by atoms with E-state index in [4.69, 9.17) is 14.8 Å². The van der Waals surface area contributed by atoms with Gasteiger partial charge in [-0.2, -0.15) is 0 Å². The van der Waals surface area contributed by atoms with Crippen LogP contribution in [0.2, 0.25) is 0 Å². The Hall–Kier alpha value is -3.09. The minimum Gasteiger partial charge on any atom is -0.444 e. The summed E-state index contributed by atoms with van der Waals surface area (Å²) >= 11 is 0. The maximum Gasteiger partial charge on any atom is 0.410 e.